The molecule has 7 rings (SSSR count). The first kappa shape index (κ1) is 44.8. The number of esters is 1. The van der Waals surface area contributed by atoms with Crippen LogP contribution in [0.3, 0.4) is 0 Å². The number of carboxylic acids is 2. The summed E-state index contributed by atoms with van der Waals surface area (Å²) < 4.78 is 22.9. The number of carbonyl (C=O) groups excluding carboxylic acids is 1. The molecule has 2 saturated heterocycles. The molecule has 0 bridgehead atoms. The Labute approximate surface area is 343 Å². The van der Waals surface area contributed by atoms with E-state index in [4.69, 9.17) is 18.9 Å². The molecule has 2 heterocycles. The fourth-order valence-electron chi connectivity index (χ4n) is 13.6. The maximum absolute atomic E-state index is 14.6. The molecule has 0 aromatic carbocycles. The highest BCUT2D eigenvalue weighted by molar-refractivity contribution is 5.79. The van der Waals surface area contributed by atoms with E-state index in [1.807, 2.05) is 6.92 Å². The van der Waals surface area contributed by atoms with E-state index >= 15 is 0 Å². The summed E-state index contributed by atoms with van der Waals surface area (Å²) in [6, 6.07) is 0. The van der Waals surface area contributed by atoms with Crippen LogP contribution in [0.5, 0.6) is 0 Å². The number of fused-ring (bicyclic) bond motifs is 7. The van der Waals surface area contributed by atoms with Crippen LogP contribution in [0.1, 0.15) is 99.3 Å². The van der Waals surface area contributed by atoms with Crippen LogP contribution in [-0.4, -0.2) is 149 Å². The number of carboxylic acid groups (broad SMARTS) is 2. The number of aliphatic carboxylic acids is 2. The minimum Gasteiger partial charge on any atom is -0.481 e. The Morgan fingerprint density at radius 1 is 0.746 bits per heavy atom. The Balaban J connectivity index is 1.21. The summed E-state index contributed by atoms with van der Waals surface area (Å²) in [6.07, 6.45) is -13.8. The van der Waals surface area contributed by atoms with Crippen molar-refractivity contribution in [3.8, 4) is 0 Å². The maximum atomic E-state index is 14.6. The molecule has 20 atom stereocenters. The van der Waals surface area contributed by atoms with Crippen LogP contribution >= 0.6 is 0 Å². The topological polar surface area (TPSA) is 290 Å². The number of aliphatic hydroxyl groups is 8. The van der Waals surface area contributed by atoms with Gasteiger partial charge in [-0.1, -0.05) is 46.3 Å². The van der Waals surface area contributed by atoms with Gasteiger partial charge in [-0.2, -0.15) is 0 Å². The molecular formula is C42H64O17. The minimum atomic E-state index is -1.98. The number of hydrogen-bond acceptors (Lipinski definition) is 15. The average molecular weight is 841 g/mol. The van der Waals surface area contributed by atoms with Crippen LogP contribution in [0.15, 0.2) is 11.6 Å². The summed E-state index contributed by atoms with van der Waals surface area (Å²) in [6.45, 7) is 11.6. The first-order chi connectivity index (χ1) is 27.3. The van der Waals surface area contributed by atoms with Gasteiger partial charge in [0.05, 0.1) is 23.5 Å². The molecule has 6 fully saturated rings. The van der Waals surface area contributed by atoms with Crippen molar-refractivity contribution < 1.29 is 84.4 Å². The summed E-state index contributed by atoms with van der Waals surface area (Å²) in [5.41, 5.74) is -3.48. The van der Waals surface area contributed by atoms with E-state index in [1.165, 1.54) is 6.92 Å². The Morgan fingerprint density at radius 2 is 1.37 bits per heavy atom. The molecule has 0 amide bonds. The molecule has 7 aliphatic rings. The summed E-state index contributed by atoms with van der Waals surface area (Å²) in [4.78, 5) is 39.9. The molecule has 59 heavy (non-hydrogen) atoms. The number of aliphatic hydroxyl groups excluding tert-OH is 8. The van der Waals surface area contributed by atoms with Gasteiger partial charge in [0.25, 0.3) is 0 Å². The van der Waals surface area contributed by atoms with Crippen LogP contribution in [0.25, 0.3) is 0 Å². The predicted molar refractivity (Wildman–Crippen MR) is 201 cm³/mol. The molecule has 10 N–H and O–H groups in total. The number of ether oxygens (including phenoxy) is 4. The zero-order chi connectivity index (χ0) is 43.6. The molecule has 2 aliphatic heterocycles. The number of hydrogen-bond donors (Lipinski definition) is 10. The van der Waals surface area contributed by atoms with Gasteiger partial charge in [-0.15, -0.1) is 0 Å². The lowest BCUT2D eigenvalue weighted by Gasteiger charge is -2.71. The molecular weight excluding hydrogens is 776 g/mol. The van der Waals surface area contributed by atoms with Crippen LogP contribution in [0, 0.1) is 50.2 Å². The minimum absolute atomic E-state index is 0.104. The van der Waals surface area contributed by atoms with Gasteiger partial charge in [-0.3, -0.25) is 9.59 Å². The van der Waals surface area contributed by atoms with E-state index in [-0.39, 0.29) is 23.7 Å². The van der Waals surface area contributed by atoms with Crippen molar-refractivity contribution >= 4 is 17.9 Å². The van der Waals surface area contributed by atoms with Crippen LogP contribution in [0.4, 0.5) is 0 Å². The van der Waals surface area contributed by atoms with Gasteiger partial charge in [0.1, 0.15) is 48.8 Å². The standard InChI is InChI=1S/C42H64O17/c1-37(2)11-13-42(36(55)59-33-28(49)25(46)24(45)21(17-43)56-33)14-12-39(4)18(19(42)15-37)7-8-22-38(3)16-20(44)31(41(6,35(53)54)23(38)9-10-40(22,39)5)58-34-29(50)26(47)27(48)30(57-34)32(51)52/h7,19-31,33-34,43-50H,8-17H2,1-6H3,(H,51,52)(H,53,54)/t19-,20-,21+,22+,23+,24+,25-,26-,27-,28+,29+,30-,31-,33-,34-,38+,39+,40+,41-,42-/m0/s1. The zero-order valence-electron chi connectivity index (χ0n) is 34.6. The molecule has 4 saturated carbocycles. The number of allylic oxidation sites excluding steroid dienone is 2. The van der Waals surface area contributed by atoms with E-state index in [0.29, 0.717) is 44.9 Å². The van der Waals surface area contributed by atoms with Crippen molar-refractivity contribution in [1.29, 1.82) is 0 Å². The molecule has 0 unspecified atom stereocenters. The van der Waals surface area contributed by atoms with Crippen molar-refractivity contribution in [2.45, 2.75) is 173 Å². The molecule has 0 aromatic heterocycles. The van der Waals surface area contributed by atoms with Gasteiger partial charge in [0.15, 0.2) is 12.4 Å². The fourth-order valence-corrected chi connectivity index (χ4v) is 13.6. The van der Waals surface area contributed by atoms with E-state index in [2.05, 4.69) is 33.8 Å². The van der Waals surface area contributed by atoms with Crippen LogP contribution in [0.2, 0.25) is 0 Å². The smallest absolute Gasteiger partial charge is 0.335 e. The maximum Gasteiger partial charge on any atom is 0.335 e. The second-order valence-corrected chi connectivity index (χ2v) is 20.6. The third-order valence-corrected chi connectivity index (χ3v) is 17.2. The lowest BCUT2D eigenvalue weighted by molar-refractivity contribution is -0.335. The van der Waals surface area contributed by atoms with Crippen LogP contribution < -0.4 is 0 Å². The molecule has 5 aliphatic carbocycles. The van der Waals surface area contributed by atoms with Gasteiger partial charge in [-0.05, 0) is 104 Å². The normalized spacial score (nSPS) is 53.1. The molecule has 0 radical (unpaired) electrons. The molecule has 334 valence electrons. The van der Waals surface area contributed by atoms with E-state index in [1.54, 1.807) is 0 Å². The highest BCUT2D eigenvalue weighted by Crippen LogP contribution is 2.76. The number of carbonyl (C=O) groups is 3. The lowest BCUT2D eigenvalue weighted by atomic mass is 9.33. The summed E-state index contributed by atoms with van der Waals surface area (Å²) in [7, 11) is 0. The Hall–Kier alpha value is -2.29. The first-order valence-electron chi connectivity index (χ1n) is 21.1. The third-order valence-electron chi connectivity index (χ3n) is 17.2. The largest absolute Gasteiger partial charge is 0.481 e. The van der Waals surface area contributed by atoms with Crippen LogP contribution in [-0.2, 0) is 33.3 Å². The number of rotatable bonds is 7. The van der Waals surface area contributed by atoms with E-state index in [0.717, 1.165) is 12.0 Å². The lowest BCUT2D eigenvalue weighted by Crippen LogP contribution is -2.70. The molecule has 0 aromatic rings. The second kappa shape index (κ2) is 14.9. The molecule has 17 nitrogen and oxygen atoms in total. The van der Waals surface area contributed by atoms with Crippen molar-refractivity contribution in [2.75, 3.05) is 6.61 Å². The predicted octanol–water partition coefficient (Wildman–Crippen LogP) is 0.444. The van der Waals surface area contributed by atoms with Gasteiger partial charge >= 0.3 is 17.9 Å². The molecule has 0 spiro atoms. The highest BCUT2D eigenvalue weighted by Gasteiger charge is 2.73. The Kier molecular flexibility index (Phi) is 11.3. The highest BCUT2D eigenvalue weighted by atomic mass is 16.7. The van der Waals surface area contributed by atoms with E-state index in [9.17, 15) is 65.4 Å². The van der Waals surface area contributed by atoms with Gasteiger partial charge in [0.2, 0.25) is 6.29 Å². The van der Waals surface area contributed by atoms with Gasteiger partial charge < -0.3 is 70.0 Å². The van der Waals surface area contributed by atoms with Gasteiger partial charge in [-0.25, -0.2) is 4.79 Å². The van der Waals surface area contributed by atoms with Crippen molar-refractivity contribution in [1.82, 2.24) is 0 Å². The van der Waals surface area contributed by atoms with Crippen molar-refractivity contribution in [2.24, 2.45) is 50.2 Å². The van der Waals surface area contributed by atoms with Crippen molar-refractivity contribution in [3.05, 3.63) is 11.6 Å². The summed E-state index contributed by atoms with van der Waals surface area (Å²) >= 11 is 0. The first-order valence-corrected chi connectivity index (χ1v) is 21.1. The SMILES string of the molecule is CC1(C)CC[C@]2(C(=O)O[C@@H]3O[C@H](CO)[C@@H](O)[C@H](O)[C@H]3O)CC[C@]3(C)C(=CC[C@@H]4[C@@]5(C)C[C@H](O)[C@H](O[C@@H]6O[C@H](C(=O)O)[C@@H](O)[C@H](O)[C@H]6O)[C@@](C)(C(=O)O)[C@@H]5CC[C@]43C)[C@@H]2C1. The summed E-state index contributed by atoms with van der Waals surface area (Å²) in [5, 5.41) is 105. The quantitative estimate of drug-likeness (QED) is 0.0946. The monoisotopic (exact) mass is 840 g/mol. The van der Waals surface area contributed by atoms with Gasteiger partial charge in [0, 0.05) is 0 Å². The second-order valence-electron chi connectivity index (χ2n) is 20.6. The third kappa shape index (κ3) is 6.46. The Bertz CT molecular complexity index is 1700. The summed E-state index contributed by atoms with van der Waals surface area (Å²) in [5.74, 6) is -4.45. The average Bonchev–Trinajstić information content (AvgIpc) is 3.16. The zero-order valence-corrected chi connectivity index (χ0v) is 34.6. The molecule has 17 heteroatoms. The van der Waals surface area contributed by atoms with E-state index < -0.39 is 131 Å². The fraction of sp³-hybridized carbons (Fsp3) is 0.881. The van der Waals surface area contributed by atoms with Crippen molar-refractivity contribution in [3.63, 3.8) is 0 Å². The Morgan fingerprint density at radius 3 is 2.00 bits per heavy atom.